The monoisotopic (exact) mass is 139 g/mol. The molecule has 2 bridgehead atoms. The lowest BCUT2D eigenvalue weighted by Gasteiger charge is -2.56. The Hall–Kier alpha value is -0.260. The van der Waals surface area contributed by atoms with Crippen LogP contribution < -0.4 is 0 Å². The summed E-state index contributed by atoms with van der Waals surface area (Å²) in [7, 11) is 0. The molecule has 0 aliphatic heterocycles. The van der Waals surface area contributed by atoms with Crippen LogP contribution in [0.15, 0.2) is 11.6 Å². The Morgan fingerprint density at radius 2 is 2.50 bits per heavy atom. The van der Waals surface area contributed by atoms with Gasteiger partial charge in [0.25, 0.3) is 0 Å². The molecule has 0 aromatic carbocycles. The Labute approximate surface area is 67.5 Å². The molecule has 10 heavy (non-hydrogen) atoms. The fourth-order valence-corrected chi connectivity index (χ4v) is 2.36. The van der Waals surface area contributed by atoms with E-state index < -0.39 is 6.85 Å². The van der Waals surface area contributed by atoms with Gasteiger partial charge in [0.15, 0.2) is 0 Å². The second-order valence-corrected chi connectivity index (χ2v) is 4.20. The van der Waals surface area contributed by atoms with E-state index in [2.05, 4.69) is 13.8 Å². The predicted molar refractivity (Wildman–Crippen MR) is 43.8 cm³/mol. The summed E-state index contributed by atoms with van der Waals surface area (Å²) in [4.78, 5) is 0. The Morgan fingerprint density at radius 1 is 1.70 bits per heavy atom. The Bertz CT molecular complexity index is 260. The van der Waals surface area contributed by atoms with Gasteiger partial charge in [-0.3, -0.25) is 0 Å². The molecule has 1 saturated carbocycles. The van der Waals surface area contributed by atoms with Gasteiger partial charge in [0.2, 0.25) is 0 Å². The summed E-state index contributed by atoms with van der Waals surface area (Å²) in [6.07, 6.45) is 4.02. The van der Waals surface area contributed by atoms with Gasteiger partial charge in [0.1, 0.15) is 0 Å². The van der Waals surface area contributed by atoms with Crippen LogP contribution in [0.4, 0.5) is 0 Å². The average Bonchev–Trinajstić information content (AvgIpc) is 2.02. The highest BCUT2D eigenvalue weighted by atomic mass is 14.5. The molecule has 0 aromatic rings. The molecular formula is C10H16. The summed E-state index contributed by atoms with van der Waals surface area (Å²) >= 11 is 0. The van der Waals surface area contributed by atoms with Crippen molar-refractivity contribution in [3.8, 4) is 0 Å². The Morgan fingerprint density at radius 3 is 2.90 bits per heavy atom. The smallest absolute Gasteiger partial charge is 0.0276 e. The van der Waals surface area contributed by atoms with Crippen LogP contribution >= 0.6 is 0 Å². The zero-order valence-electron chi connectivity index (χ0n) is 9.65. The van der Waals surface area contributed by atoms with Crippen molar-refractivity contribution in [3.05, 3.63) is 11.6 Å². The average molecular weight is 139 g/mol. The van der Waals surface area contributed by atoms with Crippen molar-refractivity contribution >= 4 is 0 Å². The topological polar surface area (TPSA) is 0 Å². The van der Waals surface area contributed by atoms with Crippen molar-refractivity contribution in [2.24, 2.45) is 17.3 Å². The lowest BCUT2D eigenvalue weighted by atomic mass is 9.49. The van der Waals surface area contributed by atoms with Gasteiger partial charge < -0.3 is 0 Å². The first-order chi connectivity index (χ1) is 5.83. The van der Waals surface area contributed by atoms with Crippen LogP contribution in [0.3, 0.4) is 0 Å². The van der Waals surface area contributed by atoms with Gasteiger partial charge >= 0.3 is 0 Å². The summed E-state index contributed by atoms with van der Waals surface area (Å²) < 4.78 is 22.3. The molecule has 0 N–H and O–H groups in total. The molecule has 0 saturated heterocycles. The molecule has 0 heterocycles. The molecule has 3 aliphatic rings. The zero-order valence-corrected chi connectivity index (χ0v) is 6.65. The van der Waals surface area contributed by atoms with Crippen molar-refractivity contribution in [2.45, 2.75) is 33.5 Å². The van der Waals surface area contributed by atoms with Crippen LogP contribution in [-0.2, 0) is 0 Å². The fraction of sp³-hybridized carbons (Fsp3) is 0.800. The van der Waals surface area contributed by atoms with Crippen LogP contribution in [0.5, 0.6) is 0 Å². The maximum atomic E-state index is 7.42. The van der Waals surface area contributed by atoms with Gasteiger partial charge in [0, 0.05) is 4.11 Å². The highest BCUT2D eigenvalue weighted by Gasteiger charge is 2.49. The summed E-state index contributed by atoms with van der Waals surface area (Å²) in [5.41, 5.74) is 0.957. The van der Waals surface area contributed by atoms with E-state index >= 15 is 0 Å². The third-order valence-electron chi connectivity index (χ3n) is 3.47. The highest BCUT2D eigenvalue weighted by molar-refractivity contribution is 5.21. The van der Waals surface area contributed by atoms with E-state index in [-0.39, 0.29) is 5.41 Å². The second kappa shape index (κ2) is 1.66. The normalized spacial score (nSPS) is 47.8. The molecule has 2 atom stereocenters. The van der Waals surface area contributed by atoms with E-state index in [1.165, 1.54) is 0 Å². The number of hydrogen-bond acceptors (Lipinski definition) is 0. The van der Waals surface area contributed by atoms with Gasteiger partial charge in [-0.25, -0.2) is 0 Å². The van der Waals surface area contributed by atoms with Crippen LogP contribution in [0.1, 0.15) is 37.7 Å². The molecule has 2 unspecified atom stereocenters. The van der Waals surface area contributed by atoms with Crippen LogP contribution in [-0.4, -0.2) is 0 Å². The Kier molecular flexibility index (Phi) is 0.656. The first-order valence-corrected chi connectivity index (χ1v) is 4.04. The van der Waals surface area contributed by atoms with E-state index in [9.17, 15) is 0 Å². The molecule has 56 valence electrons. The minimum Gasteiger partial charge on any atom is -0.0850 e. The van der Waals surface area contributed by atoms with Crippen LogP contribution in [0.25, 0.3) is 0 Å². The number of allylic oxidation sites excluding steroid dienone is 2. The molecule has 0 amide bonds. The van der Waals surface area contributed by atoms with Gasteiger partial charge in [-0.1, -0.05) is 25.5 Å². The largest absolute Gasteiger partial charge is 0.0850 e. The quantitative estimate of drug-likeness (QED) is 0.452. The fourth-order valence-electron chi connectivity index (χ4n) is 2.36. The van der Waals surface area contributed by atoms with Crippen molar-refractivity contribution in [3.63, 3.8) is 0 Å². The van der Waals surface area contributed by atoms with E-state index in [1.807, 2.05) is 6.08 Å². The molecule has 3 rings (SSSR count). The molecule has 0 spiro atoms. The first-order valence-electron chi connectivity index (χ1n) is 5.54. The third-order valence-corrected chi connectivity index (χ3v) is 3.47. The molecule has 0 nitrogen and oxygen atoms in total. The van der Waals surface area contributed by atoms with Gasteiger partial charge in [-0.05, 0) is 36.9 Å². The van der Waals surface area contributed by atoms with Crippen LogP contribution in [0.2, 0.25) is 0 Å². The maximum Gasteiger partial charge on any atom is 0.0276 e. The number of rotatable bonds is 0. The Balaban J connectivity index is 2.29. The standard InChI is InChI=1S/C10H16/c1-7-4-5-8-6-9(7)10(8,2)3/h4,8-9H,5-6H2,1-3H3/i1D3. The summed E-state index contributed by atoms with van der Waals surface area (Å²) in [5, 5.41) is 0. The van der Waals surface area contributed by atoms with Gasteiger partial charge in [0.05, 0.1) is 0 Å². The van der Waals surface area contributed by atoms with E-state index in [0.717, 1.165) is 24.3 Å². The maximum absolute atomic E-state index is 7.42. The second-order valence-electron chi connectivity index (χ2n) is 4.20. The molecule has 0 heteroatoms. The van der Waals surface area contributed by atoms with Crippen LogP contribution in [0, 0.1) is 17.3 Å². The van der Waals surface area contributed by atoms with Crippen molar-refractivity contribution < 1.29 is 4.11 Å². The lowest BCUT2D eigenvalue weighted by Crippen LogP contribution is -2.47. The number of fused-ring (bicyclic) bond motifs is 1. The molecule has 0 aromatic heterocycles. The van der Waals surface area contributed by atoms with E-state index in [1.54, 1.807) is 0 Å². The van der Waals surface area contributed by atoms with E-state index in [0.29, 0.717) is 5.92 Å². The summed E-state index contributed by atoms with van der Waals surface area (Å²) in [6, 6.07) is 0. The van der Waals surface area contributed by atoms with E-state index in [4.69, 9.17) is 4.11 Å². The summed E-state index contributed by atoms with van der Waals surface area (Å²) in [5.74, 6) is 1.04. The molecule has 3 aliphatic carbocycles. The summed E-state index contributed by atoms with van der Waals surface area (Å²) in [6.45, 7) is 2.54. The lowest BCUT2D eigenvalue weighted by molar-refractivity contribution is -0.00579. The van der Waals surface area contributed by atoms with Crippen molar-refractivity contribution in [1.29, 1.82) is 0 Å². The van der Waals surface area contributed by atoms with Gasteiger partial charge in [-0.15, -0.1) is 0 Å². The molecular weight excluding hydrogens is 120 g/mol. The molecule has 1 fully saturated rings. The van der Waals surface area contributed by atoms with Crippen molar-refractivity contribution in [1.82, 2.24) is 0 Å². The minimum absolute atomic E-state index is 0.235. The minimum atomic E-state index is -1.85. The zero-order chi connectivity index (χ0) is 9.85. The molecule has 0 radical (unpaired) electrons. The first kappa shape index (κ1) is 3.94. The third kappa shape index (κ3) is 0.574. The van der Waals surface area contributed by atoms with Gasteiger partial charge in [-0.2, -0.15) is 0 Å². The number of hydrogen-bond donors (Lipinski definition) is 0. The predicted octanol–water partition coefficient (Wildman–Crippen LogP) is 3.00. The highest BCUT2D eigenvalue weighted by Crippen LogP contribution is 2.58. The van der Waals surface area contributed by atoms with Crippen molar-refractivity contribution in [2.75, 3.05) is 0 Å². The SMILES string of the molecule is [2H]C([2H])([2H])C1=CCC2CC1C2(C)C.